The van der Waals surface area contributed by atoms with E-state index in [4.69, 9.17) is 4.52 Å². The third-order valence-corrected chi connectivity index (χ3v) is 8.54. The van der Waals surface area contributed by atoms with Gasteiger partial charge in [-0.25, -0.2) is 8.42 Å². The van der Waals surface area contributed by atoms with Crippen LogP contribution in [0.2, 0.25) is 0 Å². The van der Waals surface area contributed by atoms with Crippen LogP contribution in [0.3, 0.4) is 0 Å². The third-order valence-electron chi connectivity index (χ3n) is 6.43. The monoisotopic (exact) mass is 500 g/mol. The van der Waals surface area contributed by atoms with Gasteiger partial charge in [-0.1, -0.05) is 11.2 Å². The second-order valence-electron chi connectivity index (χ2n) is 8.72. The van der Waals surface area contributed by atoms with Gasteiger partial charge >= 0.3 is 6.18 Å². The second-order valence-corrected chi connectivity index (χ2v) is 10.6. The molecule has 12 heteroatoms. The number of carbonyl (C=O) groups is 1. The summed E-state index contributed by atoms with van der Waals surface area (Å²) >= 11 is 0. The van der Waals surface area contributed by atoms with Crippen LogP contribution in [-0.2, 0) is 21.0 Å². The van der Waals surface area contributed by atoms with Crippen molar-refractivity contribution in [2.45, 2.75) is 37.8 Å². The number of anilines is 1. The molecule has 186 valence electrons. The molecule has 2 aliphatic rings. The fourth-order valence-corrected chi connectivity index (χ4v) is 6.47. The van der Waals surface area contributed by atoms with E-state index in [9.17, 15) is 26.4 Å². The van der Waals surface area contributed by atoms with Crippen molar-refractivity contribution in [1.29, 1.82) is 0 Å². The Morgan fingerprint density at radius 3 is 2.44 bits per heavy atom. The molecule has 2 aromatic rings. The van der Waals surface area contributed by atoms with Crippen molar-refractivity contribution in [2.24, 2.45) is 5.92 Å². The molecular formula is C22H27F3N4O4S. The minimum atomic E-state index is -4.41. The highest BCUT2D eigenvalue weighted by molar-refractivity contribution is 7.89. The van der Waals surface area contributed by atoms with E-state index in [2.05, 4.69) is 5.16 Å². The maximum absolute atomic E-state index is 13.2. The highest BCUT2D eigenvalue weighted by Crippen LogP contribution is 2.32. The maximum Gasteiger partial charge on any atom is 0.416 e. The Morgan fingerprint density at radius 1 is 1.12 bits per heavy atom. The molecule has 1 atom stereocenters. The zero-order valence-electron chi connectivity index (χ0n) is 19.0. The summed E-state index contributed by atoms with van der Waals surface area (Å²) in [5.74, 6) is -0.372. The molecular weight excluding hydrogens is 473 g/mol. The number of nitrogens with zero attached hydrogens (tertiary/aromatic N) is 4. The highest BCUT2D eigenvalue weighted by Gasteiger charge is 2.38. The molecule has 0 saturated carbocycles. The van der Waals surface area contributed by atoms with Crippen LogP contribution < -0.4 is 4.90 Å². The van der Waals surface area contributed by atoms with Gasteiger partial charge in [0.05, 0.1) is 11.5 Å². The highest BCUT2D eigenvalue weighted by atomic mass is 32.2. The lowest BCUT2D eigenvalue weighted by Crippen LogP contribution is -2.53. The molecule has 0 aliphatic carbocycles. The predicted molar refractivity (Wildman–Crippen MR) is 118 cm³/mol. The molecule has 2 fully saturated rings. The number of sulfonamides is 1. The van der Waals surface area contributed by atoms with Crippen molar-refractivity contribution in [3.05, 3.63) is 41.3 Å². The van der Waals surface area contributed by atoms with Crippen LogP contribution in [0.1, 0.15) is 29.9 Å². The van der Waals surface area contributed by atoms with Gasteiger partial charge < -0.3 is 14.3 Å². The smallest absolute Gasteiger partial charge is 0.368 e. The third kappa shape index (κ3) is 4.78. The lowest BCUT2D eigenvalue weighted by atomic mass is 9.97. The summed E-state index contributed by atoms with van der Waals surface area (Å²) in [5, 5.41) is 3.73. The SMILES string of the molecule is Cc1noc(C)c1S(=O)(=O)N1CCC[C@@H](C(=O)N2CCN(c3cccc(C(F)(F)F)c3)CC2)C1. The van der Waals surface area contributed by atoms with Crippen LogP contribution in [0.5, 0.6) is 0 Å². The maximum atomic E-state index is 13.2. The number of piperidine rings is 1. The van der Waals surface area contributed by atoms with Gasteiger partial charge in [0.2, 0.25) is 15.9 Å². The van der Waals surface area contributed by atoms with Crippen molar-refractivity contribution >= 4 is 21.6 Å². The first kappa shape index (κ1) is 24.5. The summed E-state index contributed by atoms with van der Waals surface area (Å²) in [5.41, 5.74) is 0.0540. The zero-order chi connectivity index (χ0) is 24.7. The van der Waals surface area contributed by atoms with Gasteiger partial charge in [-0.05, 0) is 44.9 Å². The Balaban J connectivity index is 1.40. The minimum absolute atomic E-state index is 0.0512. The Labute approximate surface area is 196 Å². The summed E-state index contributed by atoms with van der Waals surface area (Å²) in [7, 11) is -3.83. The lowest BCUT2D eigenvalue weighted by Gasteiger charge is -2.39. The number of piperazine rings is 1. The molecule has 3 heterocycles. The van der Waals surface area contributed by atoms with Crippen molar-refractivity contribution in [3.8, 4) is 0 Å². The second kappa shape index (κ2) is 9.21. The van der Waals surface area contributed by atoms with Gasteiger partial charge in [-0.3, -0.25) is 4.79 Å². The van der Waals surface area contributed by atoms with E-state index in [1.807, 2.05) is 4.90 Å². The van der Waals surface area contributed by atoms with Gasteiger partial charge in [0.1, 0.15) is 10.6 Å². The number of benzene rings is 1. The molecule has 0 N–H and O–H groups in total. The molecule has 0 unspecified atom stereocenters. The number of aryl methyl sites for hydroxylation is 2. The van der Waals surface area contributed by atoms with E-state index in [1.165, 1.54) is 10.4 Å². The Morgan fingerprint density at radius 2 is 1.82 bits per heavy atom. The first-order chi connectivity index (χ1) is 16.0. The van der Waals surface area contributed by atoms with E-state index in [0.29, 0.717) is 51.3 Å². The van der Waals surface area contributed by atoms with Crippen molar-refractivity contribution in [3.63, 3.8) is 0 Å². The molecule has 8 nitrogen and oxygen atoms in total. The molecule has 1 amide bonds. The molecule has 1 aromatic carbocycles. The average Bonchev–Trinajstić information content (AvgIpc) is 3.17. The number of alkyl halides is 3. The van der Waals surface area contributed by atoms with Gasteiger partial charge in [0.25, 0.3) is 0 Å². The standard InChI is InChI=1S/C22H27F3N4O4S/c1-15-20(16(2)33-26-15)34(31,32)29-8-4-5-17(14-29)21(30)28-11-9-27(10-12-28)19-7-3-6-18(13-19)22(23,24)25/h3,6-7,13,17H,4-5,8-12,14H2,1-2H3/t17-/m1/s1. The van der Waals surface area contributed by atoms with Crippen LogP contribution in [0.4, 0.5) is 18.9 Å². The Hall–Kier alpha value is -2.60. The van der Waals surface area contributed by atoms with E-state index >= 15 is 0 Å². The molecule has 2 aliphatic heterocycles. The van der Waals surface area contributed by atoms with E-state index in [-0.39, 0.29) is 28.8 Å². The van der Waals surface area contributed by atoms with Crippen molar-refractivity contribution < 1.29 is 30.9 Å². The molecule has 0 bridgehead atoms. The lowest BCUT2D eigenvalue weighted by molar-refractivity contribution is -0.137. The number of rotatable bonds is 4. The number of amides is 1. The summed E-state index contributed by atoms with van der Waals surface area (Å²) in [6.45, 7) is 5.05. The Bertz CT molecular complexity index is 1140. The topological polar surface area (TPSA) is 87.0 Å². The zero-order valence-corrected chi connectivity index (χ0v) is 19.8. The first-order valence-corrected chi connectivity index (χ1v) is 12.6. The number of hydrogen-bond acceptors (Lipinski definition) is 6. The van der Waals surface area contributed by atoms with Crippen LogP contribution in [-0.4, -0.2) is 68.0 Å². The molecule has 0 radical (unpaired) electrons. The first-order valence-electron chi connectivity index (χ1n) is 11.1. The largest absolute Gasteiger partial charge is 0.416 e. The quantitative estimate of drug-likeness (QED) is 0.642. The fourth-order valence-electron chi connectivity index (χ4n) is 4.66. The van der Waals surface area contributed by atoms with Gasteiger partial charge in [0.15, 0.2) is 5.76 Å². The summed E-state index contributed by atoms with van der Waals surface area (Å²) < 4.78 is 71.7. The van der Waals surface area contributed by atoms with Crippen LogP contribution in [0, 0.1) is 19.8 Å². The van der Waals surface area contributed by atoms with Gasteiger partial charge in [-0.2, -0.15) is 17.5 Å². The number of hydrogen-bond donors (Lipinski definition) is 0. The van der Waals surface area contributed by atoms with E-state index in [0.717, 1.165) is 12.1 Å². The Kier molecular flexibility index (Phi) is 6.65. The van der Waals surface area contributed by atoms with Crippen molar-refractivity contribution in [2.75, 3.05) is 44.2 Å². The minimum Gasteiger partial charge on any atom is -0.368 e. The van der Waals surface area contributed by atoms with Crippen LogP contribution in [0.25, 0.3) is 0 Å². The van der Waals surface area contributed by atoms with Gasteiger partial charge in [-0.15, -0.1) is 0 Å². The predicted octanol–water partition coefficient (Wildman–Crippen LogP) is 3.06. The molecule has 1 aromatic heterocycles. The summed E-state index contributed by atoms with van der Waals surface area (Å²) in [4.78, 5) is 16.7. The normalized spacial score (nSPS) is 20.6. The van der Waals surface area contributed by atoms with Crippen LogP contribution >= 0.6 is 0 Å². The number of carbonyl (C=O) groups excluding carboxylic acids is 1. The average molecular weight is 501 g/mol. The molecule has 0 spiro atoms. The molecule has 4 rings (SSSR count). The summed E-state index contributed by atoms with van der Waals surface area (Å²) in [6.07, 6.45) is -3.27. The summed E-state index contributed by atoms with van der Waals surface area (Å²) in [6, 6.07) is 5.17. The number of halogens is 3. The van der Waals surface area contributed by atoms with E-state index < -0.39 is 27.7 Å². The number of aromatic nitrogens is 1. The van der Waals surface area contributed by atoms with Crippen molar-refractivity contribution in [1.82, 2.24) is 14.4 Å². The fraction of sp³-hybridized carbons (Fsp3) is 0.545. The van der Waals surface area contributed by atoms with Crippen LogP contribution in [0.15, 0.2) is 33.7 Å². The molecule has 2 saturated heterocycles. The van der Waals surface area contributed by atoms with Gasteiger partial charge in [0, 0.05) is 45.0 Å². The molecule has 34 heavy (non-hydrogen) atoms. The van der Waals surface area contributed by atoms with E-state index in [1.54, 1.807) is 24.8 Å².